The maximum absolute atomic E-state index is 13.4. The van der Waals surface area contributed by atoms with Crippen molar-refractivity contribution in [1.82, 2.24) is 9.62 Å². The van der Waals surface area contributed by atoms with E-state index in [0.29, 0.717) is 48.1 Å². The summed E-state index contributed by atoms with van der Waals surface area (Å²) in [4.78, 5) is 3.95. The number of sulfonamides is 1. The van der Waals surface area contributed by atoms with E-state index < -0.39 is 27.8 Å². The van der Waals surface area contributed by atoms with Gasteiger partial charge >= 0.3 is 0 Å². The van der Waals surface area contributed by atoms with Gasteiger partial charge in [-0.05, 0) is 55.3 Å². The summed E-state index contributed by atoms with van der Waals surface area (Å²) in [6, 6.07) is 10.7. The highest BCUT2D eigenvalue weighted by atomic mass is 35.5. The van der Waals surface area contributed by atoms with Gasteiger partial charge < -0.3 is 25.2 Å². The minimum atomic E-state index is -3.79. The summed E-state index contributed by atoms with van der Waals surface area (Å²) in [7, 11) is -3.79. The van der Waals surface area contributed by atoms with Crippen molar-refractivity contribution in [2.24, 2.45) is 4.99 Å². The third-order valence-corrected chi connectivity index (χ3v) is 9.00. The van der Waals surface area contributed by atoms with E-state index in [9.17, 15) is 18.8 Å². The molecule has 12 heteroatoms. The van der Waals surface area contributed by atoms with Crippen molar-refractivity contribution in [3.8, 4) is 11.9 Å². The molecule has 2 aromatic rings. The Balaban J connectivity index is 1.74. The molecule has 4 rings (SSSR count). The SMILES string of the molecule is CCC1(CC)Oc2ccc(S(=O)(=O)N3CCOCC3)cc2C(NC(=NC#N)Nc2ccc(Cl)cc2)C1O. The lowest BCUT2D eigenvalue weighted by molar-refractivity contribution is -0.0893. The van der Waals surface area contributed by atoms with Crippen LogP contribution in [0.2, 0.25) is 5.02 Å². The summed E-state index contributed by atoms with van der Waals surface area (Å²) < 4.78 is 39.7. The molecule has 0 aliphatic carbocycles. The van der Waals surface area contributed by atoms with Crippen molar-refractivity contribution >= 4 is 33.3 Å². The lowest BCUT2D eigenvalue weighted by atomic mass is 9.80. The van der Waals surface area contributed by atoms with Gasteiger partial charge in [-0.25, -0.2) is 8.42 Å². The molecule has 0 bridgehead atoms. The van der Waals surface area contributed by atoms with E-state index in [1.54, 1.807) is 36.5 Å². The number of nitrogens with one attached hydrogen (secondary N) is 2. The van der Waals surface area contributed by atoms with Crippen LogP contribution in [0.4, 0.5) is 5.69 Å². The average Bonchev–Trinajstić information content (AvgIpc) is 2.91. The fourth-order valence-electron chi connectivity index (χ4n) is 4.65. The van der Waals surface area contributed by atoms with Crippen LogP contribution in [0.25, 0.3) is 0 Å². The summed E-state index contributed by atoms with van der Waals surface area (Å²) >= 11 is 5.98. The molecular formula is C25H30ClN5O5S. The highest BCUT2D eigenvalue weighted by Crippen LogP contribution is 2.44. The maximum Gasteiger partial charge on any atom is 0.243 e. The molecule has 1 saturated heterocycles. The first kappa shape index (κ1) is 27.2. The van der Waals surface area contributed by atoms with Gasteiger partial charge in [0.1, 0.15) is 17.5 Å². The summed E-state index contributed by atoms with van der Waals surface area (Å²) in [6.45, 7) is 5.02. The van der Waals surface area contributed by atoms with E-state index >= 15 is 0 Å². The van der Waals surface area contributed by atoms with E-state index in [1.165, 1.54) is 16.4 Å². The number of aliphatic hydroxyl groups is 1. The predicted octanol–water partition coefficient (Wildman–Crippen LogP) is 3.25. The molecule has 0 saturated carbocycles. The number of benzene rings is 2. The van der Waals surface area contributed by atoms with Crippen LogP contribution in [0.3, 0.4) is 0 Å². The van der Waals surface area contributed by atoms with Gasteiger partial charge in [0.25, 0.3) is 0 Å². The lowest BCUT2D eigenvalue weighted by Gasteiger charge is -2.46. The monoisotopic (exact) mass is 547 g/mol. The number of aliphatic imine (C=N–C) groups is 1. The van der Waals surface area contributed by atoms with Crippen molar-refractivity contribution < 1.29 is 23.0 Å². The smallest absolute Gasteiger partial charge is 0.243 e. The van der Waals surface area contributed by atoms with Gasteiger partial charge in [0, 0.05) is 29.4 Å². The standard InChI is InChI=1S/C25H30ClN5O5S/c1-3-25(4-2)23(32)22(30-24(28-16-27)29-18-7-5-17(26)6-8-18)20-15-19(9-10-21(20)36-25)37(33,34)31-11-13-35-14-12-31/h5-10,15,22-23,32H,3-4,11-14H2,1-2H3,(H2,28,29,30). The Morgan fingerprint density at radius 3 is 2.51 bits per heavy atom. The normalized spacial score (nSPS) is 21.9. The fourth-order valence-corrected chi connectivity index (χ4v) is 6.21. The highest BCUT2D eigenvalue weighted by Gasteiger charge is 2.48. The molecule has 0 radical (unpaired) electrons. The van der Waals surface area contributed by atoms with Gasteiger partial charge in [0.2, 0.25) is 22.2 Å². The molecule has 2 atom stereocenters. The van der Waals surface area contributed by atoms with Crippen LogP contribution in [0.15, 0.2) is 52.4 Å². The number of nitrogens with zero attached hydrogens (tertiary/aromatic N) is 3. The topological polar surface area (TPSA) is 136 Å². The van der Waals surface area contributed by atoms with Gasteiger partial charge in [0.05, 0.1) is 24.2 Å². The Labute approximate surface area is 221 Å². The van der Waals surface area contributed by atoms with Crippen LogP contribution in [0, 0.1) is 11.5 Å². The first-order valence-corrected chi connectivity index (χ1v) is 13.9. The molecule has 2 heterocycles. The largest absolute Gasteiger partial charge is 0.484 e. The number of halogens is 1. The second-order valence-electron chi connectivity index (χ2n) is 8.85. The maximum atomic E-state index is 13.4. The number of anilines is 1. The first-order chi connectivity index (χ1) is 17.7. The first-order valence-electron chi connectivity index (χ1n) is 12.1. The molecule has 37 heavy (non-hydrogen) atoms. The molecule has 198 valence electrons. The van der Waals surface area contributed by atoms with Crippen molar-refractivity contribution in [2.45, 2.75) is 49.3 Å². The van der Waals surface area contributed by atoms with Crippen molar-refractivity contribution in [2.75, 3.05) is 31.6 Å². The van der Waals surface area contributed by atoms with E-state index in [1.807, 2.05) is 13.8 Å². The van der Waals surface area contributed by atoms with Crippen LogP contribution in [0.1, 0.15) is 38.3 Å². The summed E-state index contributed by atoms with van der Waals surface area (Å²) in [5.74, 6) is 0.541. The van der Waals surface area contributed by atoms with Crippen LogP contribution >= 0.6 is 11.6 Å². The van der Waals surface area contributed by atoms with Gasteiger partial charge in [-0.2, -0.15) is 9.57 Å². The van der Waals surface area contributed by atoms with Gasteiger partial charge in [-0.3, -0.25) is 0 Å². The molecule has 0 spiro atoms. The minimum Gasteiger partial charge on any atom is -0.484 e. The van der Waals surface area contributed by atoms with Crippen LogP contribution < -0.4 is 15.4 Å². The molecule has 2 unspecified atom stereocenters. The molecule has 10 nitrogen and oxygen atoms in total. The van der Waals surface area contributed by atoms with E-state index in [-0.39, 0.29) is 23.9 Å². The number of rotatable bonds is 6. The molecule has 3 N–H and O–H groups in total. The van der Waals surface area contributed by atoms with Crippen molar-refractivity contribution in [1.29, 1.82) is 5.26 Å². The van der Waals surface area contributed by atoms with E-state index in [4.69, 9.17) is 21.1 Å². The molecule has 0 amide bonds. The Kier molecular flexibility index (Phi) is 8.26. The van der Waals surface area contributed by atoms with Crippen molar-refractivity contribution in [3.05, 3.63) is 53.1 Å². The zero-order chi connectivity index (χ0) is 26.6. The van der Waals surface area contributed by atoms with Gasteiger partial charge in [-0.15, -0.1) is 4.99 Å². The van der Waals surface area contributed by atoms with Crippen LogP contribution in [-0.4, -0.2) is 61.8 Å². The lowest BCUT2D eigenvalue weighted by Crippen LogP contribution is -2.57. The second kappa shape index (κ2) is 11.2. The van der Waals surface area contributed by atoms with Gasteiger partial charge in [0.15, 0.2) is 0 Å². The Hall–Kier alpha value is -2.88. The number of guanidine groups is 1. The zero-order valence-corrected chi connectivity index (χ0v) is 22.2. The number of hydrogen-bond donors (Lipinski definition) is 3. The number of morpholine rings is 1. The highest BCUT2D eigenvalue weighted by molar-refractivity contribution is 7.89. The number of nitriles is 1. The second-order valence-corrected chi connectivity index (χ2v) is 11.2. The summed E-state index contributed by atoms with van der Waals surface area (Å²) in [6.07, 6.45) is 1.70. The average molecular weight is 548 g/mol. The Morgan fingerprint density at radius 2 is 1.89 bits per heavy atom. The molecule has 1 fully saturated rings. The Morgan fingerprint density at radius 1 is 1.22 bits per heavy atom. The molecular weight excluding hydrogens is 518 g/mol. The molecule has 2 aliphatic heterocycles. The van der Waals surface area contributed by atoms with E-state index in [2.05, 4.69) is 15.6 Å². The number of ether oxygens (including phenoxy) is 2. The van der Waals surface area contributed by atoms with Gasteiger partial charge in [-0.1, -0.05) is 25.4 Å². The van der Waals surface area contributed by atoms with Crippen LogP contribution in [-0.2, 0) is 14.8 Å². The quantitative estimate of drug-likeness (QED) is 0.285. The molecule has 0 aromatic heterocycles. The third-order valence-electron chi connectivity index (χ3n) is 6.85. The predicted molar refractivity (Wildman–Crippen MR) is 140 cm³/mol. The number of aliphatic hydroxyl groups excluding tert-OH is 1. The third kappa shape index (κ3) is 5.54. The number of fused-ring (bicyclic) bond motifs is 1. The summed E-state index contributed by atoms with van der Waals surface area (Å²) in [5, 5.41) is 27.6. The molecule has 2 aliphatic rings. The van der Waals surface area contributed by atoms with Crippen molar-refractivity contribution in [3.63, 3.8) is 0 Å². The Bertz CT molecular complexity index is 1290. The summed E-state index contributed by atoms with van der Waals surface area (Å²) in [5.41, 5.74) is 0.143. The zero-order valence-electron chi connectivity index (χ0n) is 20.6. The van der Waals surface area contributed by atoms with E-state index in [0.717, 1.165) is 0 Å². The molecule has 2 aromatic carbocycles. The fraction of sp³-hybridized carbons (Fsp3) is 0.440. The number of hydrogen-bond acceptors (Lipinski definition) is 7. The minimum absolute atomic E-state index is 0.0840. The van der Waals surface area contributed by atoms with Crippen LogP contribution in [0.5, 0.6) is 5.75 Å².